The average molecular weight is 325 g/mol. The Bertz CT molecular complexity index is 790. The predicted octanol–water partition coefficient (Wildman–Crippen LogP) is 1.85. The van der Waals surface area contributed by atoms with E-state index in [1.165, 1.54) is 42.5 Å². The van der Waals surface area contributed by atoms with Crippen molar-refractivity contribution in [2.24, 2.45) is 10.9 Å². The topological polar surface area (TPSA) is 98.2 Å². The second-order valence-corrected chi connectivity index (χ2v) is 6.25. The molecule has 21 heavy (non-hydrogen) atoms. The van der Waals surface area contributed by atoms with Crippen LogP contribution in [0.1, 0.15) is 5.56 Å². The Hall–Kier alpha value is -2.03. The molecule has 0 aromatic heterocycles. The van der Waals surface area contributed by atoms with Gasteiger partial charge in [-0.15, -0.1) is 0 Å². The molecule has 0 saturated carbocycles. The molecule has 8 heteroatoms. The number of hydrogen-bond donors (Lipinski definition) is 3. The zero-order valence-corrected chi connectivity index (χ0v) is 12.3. The number of benzene rings is 2. The lowest BCUT2D eigenvalue weighted by molar-refractivity contribution is 0.598. The Balaban J connectivity index is 2.33. The van der Waals surface area contributed by atoms with Crippen LogP contribution in [0.15, 0.2) is 47.4 Å². The summed E-state index contributed by atoms with van der Waals surface area (Å²) in [6, 6.07) is 9.78. The van der Waals surface area contributed by atoms with Crippen LogP contribution in [-0.4, -0.2) is 13.4 Å². The van der Waals surface area contributed by atoms with E-state index < -0.39 is 15.8 Å². The Morgan fingerprint density at radius 2 is 1.76 bits per heavy atom. The third-order valence-corrected chi connectivity index (χ3v) is 3.86. The molecule has 0 unspecified atom stereocenters. The molecule has 2 rings (SSSR count). The van der Waals surface area contributed by atoms with Gasteiger partial charge in [0, 0.05) is 16.9 Å². The van der Waals surface area contributed by atoms with Gasteiger partial charge < -0.3 is 11.1 Å². The first kappa shape index (κ1) is 15.4. The van der Waals surface area contributed by atoms with Gasteiger partial charge in [0.15, 0.2) is 0 Å². The van der Waals surface area contributed by atoms with Gasteiger partial charge in [-0.2, -0.15) is 0 Å². The first-order valence-corrected chi connectivity index (χ1v) is 7.72. The van der Waals surface area contributed by atoms with Crippen LogP contribution in [0.5, 0.6) is 0 Å². The maximum absolute atomic E-state index is 13.2. The third kappa shape index (κ3) is 3.75. The van der Waals surface area contributed by atoms with Gasteiger partial charge in [-0.25, -0.2) is 17.9 Å². The van der Waals surface area contributed by atoms with Gasteiger partial charge in [-0.1, -0.05) is 12.2 Å². The lowest BCUT2D eigenvalue weighted by Gasteiger charge is -2.11. The molecule has 0 spiro atoms. The second kappa shape index (κ2) is 5.76. The van der Waals surface area contributed by atoms with E-state index in [4.69, 9.17) is 23.1 Å². The van der Waals surface area contributed by atoms with Crippen molar-refractivity contribution >= 4 is 38.6 Å². The fraction of sp³-hybridized carbons (Fsp3) is 0. The zero-order valence-electron chi connectivity index (χ0n) is 10.7. The van der Waals surface area contributed by atoms with Gasteiger partial charge in [0.05, 0.1) is 4.90 Å². The van der Waals surface area contributed by atoms with E-state index in [0.29, 0.717) is 16.9 Å². The molecule has 0 amide bonds. The summed E-state index contributed by atoms with van der Waals surface area (Å²) in [5.41, 5.74) is 7.02. The number of primary sulfonamides is 1. The molecule has 0 aliphatic carbocycles. The van der Waals surface area contributed by atoms with Gasteiger partial charge in [0.1, 0.15) is 10.8 Å². The standard InChI is InChI=1S/C13H12FN3O2S2/c14-8-1-6-12(11(7-8)13(15)20)17-9-2-4-10(5-3-9)21(16,18)19/h1-7,17H,(H2,15,20)(H2,16,18,19). The Morgan fingerprint density at radius 3 is 2.29 bits per heavy atom. The summed E-state index contributed by atoms with van der Waals surface area (Å²) in [6.07, 6.45) is 0. The molecule has 0 radical (unpaired) electrons. The molecule has 0 aliphatic rings. The molecule has 0 bridgehead atoms. The van der Waals surface area contributed by atoms with Crippen molar-refractivity contribution in [3.05, 3.63) is 53.8 Å². The molecule has 0 saturated heterocycles. The van der Waals surface area contributed by atoms with Crippen molar-refractivity contribution in [3.8, 4) is 0 Å². The molecule has 0 atom stereocenters. The maximum Gasteiger partial charge on any atom is 0.238 e. The van der Waals surface area contributed by atoms with E-state index in [0.717, 1.165) is 0 Å². The molecule has 110 valence electrons. The number of sulfonamides is 1. The van der Waals surface area contributed by atoms with Gasteiger partial charge in [0.2, 0.25) is 10.0 Å². The van der Waals surface area contributed by atoms with Crippen LogP contribution < -0.4 is 16.2 Å². The fourth-order valence-electron chi connectivity index (χ4n) is 1.71. The van der Waals surface area contributed by atoms with Crippen LogP contribution in [0.2, 0.25) is 0 Å². The normalized spacial score (nSPS) is 11.1. The summed E-state index contributed by atoms with van der Waals surface area (Å²) in [5.74, 6) is -0.451. The Kier molecular flexibility index (Phi) is 4.21. The highest BCUT2D eigenvalue weighted by Gasteiger charge is 2.09. The second-order valence-electron chi connectivity index (χ2n) is 4.25. The highest BCUT2D eigenvalue weighted by atomic mass is 32.2. The van der Waals surface area contributed by atoms with E-state index in [1.807, 2.05) is 0 Å². The molecule has 0 aliphatic heterocycles. The molecule has 0 fully saturated rings. The van der Waals surface area contributed by atoms with Gasteiger partial charge >= 0.3 is 0 Å². The molecule has 5 nitrogen and oxygen atoms in total. The van der Waals surface area contributed by atoms with Crippen molar-refractivity contribution in [1.82, 2.24) is 0 Å². The average Bonchev–Trinajstić information content (AvgIpc) is 2.40. The summed E-state index contributed by atoms with van der Waals surface area (Å²) >= 11 is 4.87. The summed E-state index contributed by atoms with van der Waals surface area (Å²) in [7, 11) is -3.74. The van der Waals surface area contributed by atoms with E-state index in [-0.39, 0.29) is 9.88 Å². The summed E-state index contributed by atoms with van der Waals surface area (Å²) in [6.45, 7) is 0. The van der Waals surface area contributed by atoms with E-state index in [2.05, 4.69) is 5.32 Å². The minimum absolute atomic E-state index is 0.00160. The number of thiocarbonyl (C=S) groups is 1. The van der Waals surface area contributed by atoms with E-state index in [9.17, 15) is 12.8 Å². The maximum atomic E-state index is 13.2. The smallest absolute Gasteiger partial charge is 0.238 e. The molecule has 2 aromatic carbocycles. The Labute approximate surface area is 126 Å². The van der Waals surface area contributed by atoms with Gasteiger partial charge in [-0.3, -0.25) is 0 Å². The number of anilines is 2. The first-order chi connectivity index (χ1) is 9.77. The number of nitrogens with two attached hydrogens (primary N) is 2. The molecular formula is C13H12FN3O2S2. The van der Waals surface area contributed by atoms with Crippen molar-refractivity contribution < 1.29 is 12.8 Å². The fourth-order valence-corrected chi connectivity index (χ4v) is 2.40. The van der Waals surface area contributed by atoms with Gasteiger partial charge in [-0.05, 0) is 42.5 Å². The van der Waals surface area contributed by atoms with Crippen LogP contribution in [0.4, 0.5) is 15.8 Å². The quantitative estimate of drug-likeness (QED) is 0.745. The van der Waals surface area contributed by atoms with Gasteiger partial charge in [0.25, 0.3) is 0 Å². The number of rotatable bonds is 4. The summed E-state index contributed by atoms with van der Waals surface area (Å²) in [4.78, 5) is 0.0554. The van der Waals surface area contributed by atoms with E-state index >= 15 is 0 Å². The molecule has 5 N–H and O–H groups in total. The lowest BCUT2D eigenvalue weighted by Crippen LogP contribution is -2.13. The summed E-state index contributed by atoms with van der Waals surface area (Å²) < 4.78 is 35.5. The van der Waals surface area contributed by atoms with Crippen molar-refractivity contribution in [2.45, 2.75) is 4.90 Å². The van der Waals surface area contributed by atoms with E-state index in [1.54, 1.807) is 0 Å². The van der Waals surface area contributed by atoms with Crippen molar-refractivity contribution in [3.63, 3.8) is 0 Å². The lowest BCUT2D eigenvalue weighted by atomic mass is 10.1. The van der Waals surface area contributed by atoms with Crippen LogP contribution >= 0.6 is 12.2 Å². The third-order valence-electron chi connectivity index (χ3n) is 2.71. The van der Waals surface area contributed by atoms with Crippen molar-refractivity contribution in [1.29, 1.82) is 0 Å². The molecular weight excluding hydrogens is 313 g/mol. The largest absolute Gasteiger partial charge is 0.389 e. The zero-order chi connectivity index (χ0) is 15.6. The Morgan fingerprint density at radius 1 is 1.14 bits per heavy atom. The number of nitrogens with one attached hydrogen (secondary N) is 1. The van der Waals surface area contributed by atoms with Crippen LogP contribution in [-0.2, 0) is 10.0 Å². The highest BCUT2D eigenvalue weighted by Crippen LogP contribution is 2.23. The van der Waals surface area contributed by atoms with Crippen LogP contribution in [0.25, 0.3) is 0 Å². The van der Waals surface area contributed by atoms with Crippen LogP contribution in [0, 0.1) is 5.82 Å². The predicted molar refractivity (Wildman–Crippen MR) is 83.4 cm³/mol. The number of hydrogen-bond acceptors (Lipinski definition) is 4. The SMILES string of the molecule is NC(=S)c1cc(F)ccc1Nc1ccc(S(N)(=O)=O)cc1. The summed E-state index contributed by atoms with van der Waals surface area (Å²) in [5, 5.41) is 8.01. The molecule has 2 aromatic rings. The van der Waals surface area contributed by atoms with Crippen molar-refractivity contribution in [2.75, 3.05) is 5.32 Å². The number of halogens is 1. The highest BCUT2D eigenvalue weighted by molar-refractivity contribution is 7.89. The molecule has 0 heterocycles. The monoisotopic (exact) mass is 325 g/mol. The first-order valence-electron chi connectivity index (χ1n) is 5.76. The minimum atomic E-state index is -3.74. The minimum Gasteiger partial charge on any atom is -0.389 e. The van der Waals surface area contributed by atoms with Crippen LogP contribution in [0.3, 0.4) is 0 Å².